The van der Waals surface area contributed by atoms with Crippen LogP contribution in [0.3, 0.4) is 0 Å². The average Bonchev–Trinajstić information content (AvgIpc) is 2.43. The van der Waals surface area contributed by atoms with Crippen molar-refractivity contribution in [1.29, 1.82) is 0 Å². The van der Waals surface area contributed by atoms with Gasteiger partial charge >= 0.3 is 0 Å². The number of rotatable bonds is 3. The SMILES string of the molecule is COCCc1c2ccccc2cc2ccccc12. The minimum atomic E-state index is 0.762. The zero-order valence-corrected chi connectivity index (χ0v) is 10.5. The topological polar surface area (TPSA) is 9.23 Å². The molecular formula is C17H16O. The van der Waals surface area contributed by atoms with Crippen LogP contribution in [-0.2, 0) is 11.2 Å². The molecule has 0 saturated heterocycles. The molecule has 0 heterocycles. The van der Waals surface area contributed by atoms with Crippen molar-refractivity contribution in [2.75, 3.05) is 13.7 Å². The second kappa shape index (κ2) is 4.79. The summed E-state index contributed by atoms with van der Waals surface area (Å²) in [6, 6.07) is 19.4. The van der Waals surface area contributed by atoms with Crippen molar-refractivity contribution in [2.24, 2.45) is 0 Å². The van der Waals surface area contributed by atoms with E-state index in [1.54, 1.807) is 7.11 Å². The van der Waals surface area contributed by atoms with Crippen LogP contribution in [-0.4, -0.2) is 13.7 Å². The van der Waals surface area contributed by atoms with Crippen LogP contribution in [0.1, 0.15) is 5.56 Å². The molecule has 0 atom stereocenters. The molecule has 0 aliphatic carbocycles. The summed E-state index contributed by atoms with van der Waals surface area (Å²) in [4.78, 5) is 0. The number of hydrogen-bond donors (Lipinski definition) is 0. The first-order valence-electron chi connectivity index (χ1n) is 6.28. The summed E-state index contributed by atoms with van der Waals surface area (Å²) in [7, 11) is 1.76. The first-order valence-corrected chi connectivity index (χ1v) is 6.28. The maximum Gasteiger partial charge on any atom is 0.0503 e. The van der Waals surface area contributed by atoms with Crippen LogP contribution in [0.5, 0.6) is 0 Å². The van der Waals surface area contributed by atoms with Crippen molar-refractivity contribution in [3.63, 3.8) is 0 Å². The van der Waals surface area contributed by atoms with Crippen LogP contribution in [0, 0.1) is 0 Å². The monoisotopic (exact) mass is 236 g/mol. The lowest BCUT2D eigenvalue weighted by atomic mass is 9.95. The lowest BCUT2D eigenvalue weighted by molar-refractivity contribution is 0.203. The molecule has 0 spiro atoms. The molecule has 0 fully saturated rings. The van der Waals surface area contributed by atoms with Gasteiger partial charge in [0.05, 0.1) is 6.61 Å². The van der Waals surface area contributed by atoms with Gasteiger partial charge in [0.15, 0.2) is 0 Å². The highest BCUT2D eigenvalue weighted by Gasteiger charge is 2.06. The Bertz CT molecular complexity index is 631. The zero-order chi connectivity index (χ0) is 12.4. The van der Waals surface area contributed by atoms with Crippen molar-refractivity contribution in [1.82, 2.24) is 0 Å². The summed E-state index contributed by atoms with van der Waals surface area (Å²) < 4.78 is 5.24. The molecule has 0 bridgehead atoms. The fourth-order valence-electron chi connectivity index (χ4n) is 2.58. The predicted octanol–water partition coefficient (Wildman–Crippen LogP) is 4.18. The molecule has 0 N–H and O–H groups in total. The van der Waals surface area contributed by atoms with E-state index in [0.29, 0.717) is 0 Å². The van der Waals surface area contributed by atoms with Gasteiger partial charge < -0.3 is 4.74 Å². The molecule has 90 valence electrons. The van der Waals surface area contributed by atoms with Crippen LogP contribution < -0.4 is 0 Å². The third kappa shape index (κ3) is 1.87. The number of benzene rings is 3. The van der Waals surface area contributed by atoms with E-state index in [2.05, 4.69) is 54.6 Å². The molecule has 0 saturated carbocycles. The Hall–Kier alpha value is -1.86. The summed E-state index contributed by atoms with van der Waals surface area (Å²) >= 11 is 0. The lowest BCUT2D eigenvalue weighted by Gasteiger charge is -2.11. The Morgan fingerprint density at radius 3 is 1.94 bits per heavy atom. The molecule has 0 aliphatic rings. The molecule has 0 amide bonds. The van der Waals surface area contributed by atoms with Gasteiger partial charge in [0.2, 0.25) is 0 Å². The highest BCUT2D eigenvalue weighted by Crippen LogP contribution is 2.28. The number of ether oxygens (including phenoxy) is 1. The van der Waals surface area contributed by atoms with E-state index >= 15 is 0 Å². The zero-order valence-electron chi connectivity index (χ0n) is 10.5. The summed E-state index contributed by atoms with van der Waals surface area (Å²) in [5.74, 6) is 0. The van der Waals surface area contributed by atoms with Gasteiger partial charge in [-0.3, -0.25) is 0 Å². The smallest absolute Gasteiger partial charge is 0.0503 e. The van der Waals surface area contributed by atoms with Crippen molar-refractivity contribution in [2.45, 2.75) is 6.42 Å². The van der Waals surface area contributed by atoms with E-state index in [-0.39, 0.29) is 0 Å². The largest absolute Gasteiger partial charge is 0.384 e. The Balaban J connectivity index is 2.34. The van der Waals surface area contributed by atoms with Gasteiger partial charge in [-0.25, -0.2) is 0 Å². The Kier molecular flexibility index (Phi) is 2.99. The van der Waals surface area contributed by atoms with E-state index in [1.807, 2.05) is 0 Å². The fourth-order valence-corrected chi connectivity index (χ4v) is 2.58. The normalized spacial score (nSPS) is 11.2. The summed E-state index contributed by atoms with van der Waals surface area (Å²) in [5.41, 5.74) is 1.39. The molecule has 0 aliphatic heterocycles. The maximum absolute atomic E-state index is 5.24. The lowest BCUT2D eigenvalue weighted by Crippen LogP contribution is -1.96. The van der Waals surface area contributed by atoms with E-state index in [9.17, 15) is 0 Å². The van der Waals surface area contributed by atoms with Crippen molar-refractivity contribution in [3.05, 3.63) is 60.2 Å². The van der Waals surface area contributed by atoms with Gasteiger partial charge in [-0.1, -0.05) is 48.5 Å². The second-order valence-electron chi connectivity index (χ2n) is 4.54. The van der Waals surface area contributed by atoms with E-state index in [4.69, 9.17) is 4.74 Å². The van der Waals surface area contributed by atoms with Crippen molar-refractivity contribution in [3.8, 4) is 0 Å². The van der Waals surface area contributed by atoms with Gasteiger partial charge in [-0.05, 0) is 39.6 Å². The average molecular weight is 236 g/mol. The molecule has 3 rings (SSSR count). The minimum Gasteiger partial charge on any atom is -0.384 e. The first kappa shape index (κ1) is 11.2. The predicted molar refractivity (Wildman–Crippen MR) is 77.0 cm³/mol. The molecule has 1 nitrogen and oxygen atoms in total. The second-order valence-corrected chi connectivity index (χ2v) is 4.54. The van der Waals surface area contributed by atoms with Crippen LogP contribution in [0.15, 0.2) is 54.6 Å². The quantitative estimate of drug-likeness (QED) is 0.620. The van der Waals surface area contributed by atoms with Crippen LogP contribution in [0.2, 0.25) is 0 Å². The highest BCUT2D eigenvalue weighted by molar-refractivity contribution is 6.02. The molecule has 1 heteroatoms. The van der Waals surface area contributed by atoms with E-state index < -0.39 is 0 Å². The van der Waals surface area contributed by atoms with E-state index in [0.717, 1.165) is 13.0 Å². The third-order valence-electron chi connectivity index (χ3n) is 3.44. The molecule has 0 unspecified atom stereocenters. The molecule has 0 radical (unpaired) electrons. The summed E-state index contributed by atoms with van der Waals surface area (Å²) in [6.07, 6.45) is 0.957. The van der Waals surface area contributed by atoms with Crippen LogP contribution in [0.25, 0.3) is 21.5 Å². The molecule has 18 heavy (non-hydrogen) atoms. The van der Waals surface area contributed by atoms with E-state index in [1.165, 1.54) is 27.1 Å². The Morgan fingerprint density at radius 2 is 1.39 bits per heavy atom. The Morgan fingerprint density at radius 1 is 0.833 bits per heavy atom. The van der Waals surface area contributed by atoms with Crippen molar-refractivity contribution < 1.29 is 4.74 Å². The van der Waals surface area contributed by atoms with Crippen LogP contribution >= 0.6 is 0 Å². The molecular weight excluding hydrogens is 220 g/mol. The Labute approximate surface area is 107 Å². The maximum atomic E-state index is 5.24. The highest BCUT2D eigenvalue weighted by atomic mass is 16.5. The standard InChI is InChI=1S/C17H16O/c1-18-11-10-17-15-8-4-2-6-13(15)12-14-7-3-5-9-16(14)17/h2-9,12H,10-11H2,1H3. The fraction of sp³-hybridized carbons (Fsp3) is 0.176. The van der Waals surface area contributed by atoms with Gasteiger partial charge in [0.25, 0.3) is 0 Å². The van der Waals surface area contributed by atoms with Gasteiger partial charge in [0.1, 0.15) is 0 Å². The molecule has 3 aromatic rings. The van der Waals surface area contributed by atoms with Gasteiger partial charge in [0, 0.05) is 7.11 Å². The third-order valence-corrected chi connectivity index (χ3v) is 3.44. The minimum absolute atomic E-state index is 0.762. The number of fused-ring (bicyclic) bond motifs is 2. The molecule has 3 aromatic carbocycles. The van der Waals surface area contributed by atoms with Crippen LogP contribution in [0.4, 0.5) is 0 Å². The number of hydrogen-bond acceptors (Lipinski definition) is 1. The number of methoxy groups -OCH3 is 1. The van der Waals surface area contributed by atoms with Gasteiger partial charge in [-0.15, -0.1) is 0 Å². The summed E-state index contributed by atoms with van der Waals surface area (Å²) in [6.45, 7) is 0.762. The van der Waals surface area contributed by atoms with Gasteiger partial charge in [-0.2, -0.15) is 0 Å². The molecule has 0 aromatic heterocycles. The van der Waals surface area contributed by atoms with Crippen molar-refractivity contribution >= 4 is 21.5 Å². The first-order chi connectivity index (χ1) is 8.90. The summed E-state index contributed by atoms with van der Waals surface area (Å²) in [5, 5.41) is 5.30.